The van der Waals surface area contributed by atoms with Gasteiger partial charge in [-0.05, 0) is 31.2 Å². The molecule has 2 aromatic rings. The van der Waals surface area contributed by atoms with E-state index in [4.69, 9.17) is 4.99 Å². The summed E-state index contributed by atoms with van der Waals surface area (Å²) in [6.07, 6.45) is 5.08. The molecule has 0 aliphatic carbocycles. The molecule has 0 amide bonds. The Hall–Kier alpha value is -1.64. The lowest BCUT2D eigenvalue weighted by Crippen LogP contribution is -2.40. The summed E-state index contributed by atoms with van der Waals surface area (Å²) < 4.78 is 2.09. The average molecular weight is 482 g/mol. The Morgan fingerprint density at radius 2 is 2.07 bits per heavy atom. The number of nitrogens with zero attached hydrogens (tertiary/aromatic N) is 5. The van der Waals surface area contributed by atoms with Crippen molar-refractivity contribution in [2.24, 2.45) is 10.9 Å². The van der Waals surface area contributed by atoms with Crippen LogP contribution in [0.15, 0.2) is 41.7 Å². The number of benzene rings is 1. The van der Waals surface area contributed by atoms with Crippen molar-refractivity contribution >= 4 is 29.9 Å². The van der Waals surface area contributed by atoms with Gasteiger partial charge in [0.2, 0.25) is 0 Å². The van der Waals surface area contributed by atoms with E-state index in [1.54, 1.807) is 6.33 Å². The highest BCUT2D eigenvalue weighted by atomic mass is 127. The number of aromatic nitrogens is 3. The van der Waals surface area contributed by atoms with Gasteiger partial charge >= 0.3 is 0 Å². The monoisotopic (exact) mass is 482 g/mol. The number of likely N-dealkylation sites (tertiary alicyclic amines) is 1. The molecule has 27 heavy (non-hydrogen) atoms. The molecule has 1 aromatic carbocycles. The van der Waals surface area contributed by atoms with Crippen molar-refractivity contribution in [2.45, 2.75) is 39.7 Å². The molecule has 0 radical (unpaired) electrons. The maximum absolute atomic E-state index is 4.84. The molecule has 1 fully saturated rings. The van der Waals surface area contributed by atoms with Crippen LogP contribution in [0.2, 0.25) is 0 Å². The average Bonchev–Trinajstić information content (AvgIpc) is 3.31. The van der Waals surface area contributed by atoms with Crippen LogP contribution >= 0.6 is 24.0 Å². The first-order valence-corrected chi connectivity index (χ1v) is 9.74. The number of rotatable bonds is 7. The van der Waals surface area contributed by atoms with Gasteiger partial charge in [0.05, 0.1) is 6.54 Å². The highest BCUT2D eigenvalue weighted by Crippen LogP contribution is 2.20. The van der Waals surface area contributed by atoms with E-state index in [0.717, 1.165) is 57.3 Å². The number of halogens is 1. The SMILES string of the molecule is CCNC(=NCCn1cnnc1CC)N1CCC(Cc2ccccc2)C1.I. The van der Waals surface area contributed by atoms with E-state index in [1.807, 2.05) is 0 Å². The second-order valence-electron chi connectivity index (χ2n) is 6.82. The van der Waals surface area contributed by atoms with Crippen molar-refractivity contribution < 1.29 is 0 Å². The summed E-state index contributed by atoms with van der Waals surface area (Å²) in [6.45, 7) is 8.85. The number of hydrogen-bond donors (Lipinski definition) is 1. The lowest BCUT2D eigenvalue weighted by atomic mass is 9.99. The van der Waals surface area contributed by atoms with Gasteiger partial charge in [0.15, 0.2) is 5.96 Å². The first kappa shape index (κ1) is 21.7. The third-order valence-electron chi connectivity index (χ3n) is 4.90. The summed E-state index contributed by atoms with van der Waals surface area (Å²) in [5.41, 5.74) is 1.43. The maximum atomic E-state index is 4.84. The van der Waals surface area contributed by atoms with E-state index < -0.39 is 0 Å². The highest BCUT2D eigenvalue weighted by Gasteiger charge is 2.24. The third-order valence-corrected chi connectivity index (χ3v) is 4.90. The fraction of sp³-hybridized carbons (Fsp3) is 0.550. The lowest BCUT2D eigenvalue weighted by Gasteiger charge is -2.22. The molecule has 7 heteroatoms. The van der Waals surface area contributed by atoms with Crippen LogP contribution in [-0.4, -0.2) is 51.8 Å². The van der Waals surface area contributed by atoms with Crippen LogP contribution in [0.4, 0.5) is 0 Å². The third kappa shape index (κ3) is 6.19. The minimum Gasteiger partial charge on any atom is -0.357 e. The molecule has 0 spiro atoms. The van der Waals surface area contributed by atoms with E-state index >= 15 is 0 Å². The predicted octanol–water partition coefficient (Wildman–Crippen LogP) is 2.99. The van der Waals surface area contributed by atoms with Crippen molar-refractivity contribution in [3.63, 3.8) is 0 Å². The van der Waals surface area contributed by atoms with Gasteiger partial charge in [-0.15, -0.1) is 34.2 Å². The Morgan fingerprint density at radius 1 is 1.26 bits per heavy atom. The molecule has 2 heterocycles. The van der Waals surface area contributed by atoms with Crippen LogP contribution < -0.4 is 5.32 Å². The first-order valence-electron chi connectivity index (χ1n) is 9.74. The normalized spacial score (nSPS) is 17.0. The standard InChI is InChI=1S/C20H30N6.HI/c1-3-19-24-23-16-26(19)13-11-22-20(21-4-2)25-12-10-18(15-25)14-17-8-6-5-7-9-17;/h5-9,16,18H,3-4,10-15H2,1-2H3,(H,21,22);1H. The Balaban J connectivity index is 0.00000261. The maximum Gasteiger partial charge on any atom is 0.193 e. The zero-order chi connectivity index (χ0) is 18.2. The van der Waals surface area contributed by atoms with Gasteiger partial charge in [-0.1, -0.05) is 37.3 Å². The summed E-state index contributed by atoms with van der Waals surface area (Å²) in [6, 6.07) is 10.8. The fourth-order valence-electron chi connectivity index (χ4n) is 3.57. The van der Waals surface area contributed by atoms with Gasteiger partial charge in [-0.2, -0.15) is 0 Å². The van der Waals surface area contributed by atoms with Crippen LogP contribution in [-0.2, 0) is 19.4 Å². The molecular weight excluding hydrogens is 451 g/mol. The van der Waals surface area contributed by atoms with Crippen molar-refractivity contribution in [1.29, 1.82) is 0 Å². The Labute approximate surface area is 179 Å². The van der Waals surface area contributed by atoms with Gasteiger partial charge in [-0.25, -0.2) is 0 Å². The summed E-state index contributed by atoms with van der Waals surface area (Å²) >= 11 is 0. The van der Waals surface area contributed by atoms with Crippen LogP contribution in [0.5, 0.6) is 0 Å². The van der Waals surface area contributed by atoms with E-state index in [1.165, 1.54) is 12.0 Å². The van der Waals surface area contributed by atoms with Gasteiger partial charge in [-0.3, -0.25) is 4.99 Å². The molecular formula is C20H31IN6. The molecule has 1 saturated heterocycles. The quantitative estimate of drug-likeness (QED) is 0.375. The van der Waals surface area contributed by atoms with Crippen LogP contribution in [0.1, 0.15) is 31.7 Å². The van der Waals surface area contributed by atoms with Crippen LogP contribution in [0.3, 0.4) is 0 Å². The number of aryl methyl sites for hydroxylation is 1. The number of guanidine groups is 1. The first-order chi connectivity index (χ1) is 12.8. The summed E-state index contributed by atoms with van der Waals surface area (Å²) in [5, 5.41) is 11.6. The summed E-state index contributed by atoms with van der Waals surface area (Å²) in [4.78, 5) is 7.25. The van der Waals surface area contributed by atoms with Crippen molar-refractivity contribution in [3.05, 3.63) is 48.0 Å². The molecule has 3 rings (SSSR count). The summed E-state index contributed by atoms with van der Waals surface area (Å²) in [5.74, 6) is 2.76. The molecule has 1 aliphatic heterocycles. The number of hydrogen-bond acceptors (Lipinski definition) is 3. The molecule has 148 valence electrons. The minimum absolute atomic E-state index is 0. The Bertz CT molecular complexity index is 700. The van der Waals surface area contributed by atoms with Gasteiger partial charge in [0.25, 0.3) is 0 Å². The van der Waals surface area contributed by atoms with Gasteiger partial charge in [0, 0.05) is 32.6 Å². The van der Waals surface area contributed by atoms with Crippen LogP contribution in [0, 0.1) is 5.92 Å². The zero-order valence-electron chi connectivity index (χ0n) is 16.3. The lowest BCUT2D eigenvalue weighted by molar-refractivity contribution is 0.459. The van der Waals surface area contributed by atoms with Crippen molar-refractivity contribution in [1.82, 2.24) is 25.0 Å². The topological polar surface area (TPSA) is 58.3 Å². The highest BCUT2D eigenvalue weighted by molar-refractivity contribution is 14.0. The zero-order valence-corrected chi connectivity index (χ0v) is 18.7. The largest absolute Gasteiger partial charge is 0.357 e. The molecule has 1 atom stereocenters. The Morgan fingerprint density at radius 3 is 2.81 bits per heavy atom. The molecule has 0 saturated carbocycles. The molecule has 1 aromatic heterocycles. The van der Waals surface area contributed by atoms with Crippen molar-refractivity contribution in [2.75, 3.05) is 26.2 Å². The molecule has 1 aliphatic rings. The number of nitrogens with one attached hydrogen (secondary N) is 1. The van der Waals surface area contributed by atoms with E-state index in [-0.39, 0.29) is 24.0 Å². The molecule has 6 nitrogen and oxygen atoms in total. The van der Waals surface area contributed by atoms with Crippen LogP contribution in [0.25, 0.3) is 0 Å². The second-order valence-corrected chi connectivity index (χ2v) is 6.82. The van der Waals surface area contributed by atoms with Crippen molar-refractivity contribution in [3.8, 4) is 0 Å². The predicted molar refractivity (Wildman–Crippen MR) is 121 cm³/mol. The van der Waals surface area contributed by atoms with Gasteiger partial charge in [0.1, 0.15) is 12.2 Å². The molecule has 0 bridgehead atoms. The molecule has 1 N–H and O–H groups in total. The van der Waals surface area contributed by atoms with Gasteiger partial charge < -0.3 is 14.8 Å². The fourth-order valence-corrected chi connectivity index (χ4v) is 3.57. The summed E-state index contributed by atoms with van der Waals surface area (Å²) in [7, 11) is 0. The second kappa shape index (κ2) is 11.3. The Kier molecular flexibility index (Phi) is 9.03. The molecule has 1 unspecified atom stereocenters. The smallest absolute Gasteiger partial charge is 0.193 e. The number of aliphatic imine (C=N–C) groups is 1. The minimum atomic E-state index is 0. The van der Waals surface area contributed by atoms with E-state index in [9.17, 15) is 0 Å². The van der Waals surface area contributed by atoms with E-state index in [2.05, 4.69) is 69.2 Å². The van der Waals surface area contributed by atoms with E-state index in [0.29, 0.717) is 5.92 Å².